The van der Waals surface area contributed by atoms with Gasteiger partial charge >= 0.3 is 0 Å². The number of hydrogen-bond donors (Lipinski definition) is 2. The Morgan fingerprint density at radius 1 is 1.30 bits per heavy atom. The van der Waals surface area contributed by atoms with Gasteiger partial charge in [0.05, 0.1) is 6.10 Å². The van der Waals surface area contributed by atoms with E-state index in [2.05, 4.69) is 10.2 Å². The minimum Gasteiger partial charge on any atom is -0.484 e. The second-order valence-corrected chi connectivity index (χ2v) is 6.71. The predicted molar refractivity (Wildman–Crippen MR) is 88.4 cm³/mol. The number of carbonyl (C=O) groups excluding carboxylic acids is 1. The van der Waals surface area contributed by atoms with Gasteiger partial charge in [-0.2, -0.15) is 0 Å². The second kappa shape index (κ2) is 7.32. The van der Waals surface area contributed by atoms with Gasteiger partial charge in [-0.3, -0.25) is 9.69 Å². The van der Waals surface area contributed by atoms with Gasteiger partial charge in [0.25, 0.3) is 5.91 Å². The number of aliphatic hydroxyl groups is 1. The van der Waals surface area contributed by atoms with Crippen molar-refractivity contribution in [2.24, 2.45) is 0 Å². The number of likely N-dealkylation sites (tertiary alicyclic amines) is 1. The Kier molecular flexibility index (Phi) is 5.18. The summed E-state index contributed by atoms with van der Waals surface area (Å²) in [4.78, 5) is 14.5. The van der Waals surface area contributed by atoms with E-state index in [0.29, 0.717) is 6.04 Å². The summed E-state index contributed by atoms with van der Waals surface area (Å²) in [6.07, 6.45) is 3.86. The fourth-order valence-corrected chi connectivity index (χ4v) is 3.65. The van der Waals surface area contributed by atoms with Crippen molar-refractivity contribution >= 4 is 5.91 Å². The summed E-state index contributed by atoms with van der Waals surface area (Å²) in [5.74, 6) is 0.651. The number of hydrogen-bond acceptors (Lipinski definition) is 4. The van der Waals surface area contributed by atoms with E-state index >= 15 is 0 Å². The van der Waals surface area contributed by atoms with Gasteiger partial charge in [-0.25, -0.2) is 0 Å². The third-order valence-electron chi connectivity index (χ3n) is 4.88. The highest BCUT2D eigenvalue weighted by atomic mass is 16.5. The maximum atomic E-state index is 12.2. The summed E-state index contributed by atoms with van der Waals surface area (Å²) in [5, 5.41) is 12.8. The van der Waals surface area contributed by atoms with E-state index in [4.69, 9.17) is 4.74 Å². The zero-order valence-corrected chi connectivity index (χ0v) is 13.7. The third kappa shape index (κ3) is 4.24. The molecule has 1 aromatic rings. The van der Waals surface area contributed by atoms with Crippen LogP contribution in [0.1, 0.15) is 31.2 Å². The molecule has 3 atom stereocenters. The van der Waals surface area contributed by atoms with Crippen LogP contribution in [0.25, 0.3) is 0 Å². The lowest BCUT2D eigenvalue weighted by Crippen LogP contribution is -2.49. The molecule has 2 fully saturated rings. The van der Waals surface area contributed by atoms with Crippen LogP contribution in [0, 0.1) is 6.92 Å². The number of carbonyl (C=O) groups is 1. The van der Waals surface area contributed by atoms with Crippen LogP contribution in [0.5, 0.6) is 5.75 Å². The molecule has 2 N–H and O–H groups in total. The van der Waals surface area contributed by atoms with Crippen molar-refractivity contribution in [3.8, 4) is 5.75 Å². The molecule has 1 aliphatic carbocycles. The predicted octanol–water partition coefficient (Wildman–Crippen LogP) is 1.48. The monoisotopic (exact) mass is 318 g/mol. The average molecular weight is 318 g/mol. The van der Waals surface area contributed by atoms with E-state index < -0.39 is 0 Å². The van der Waals surface area contributed by atoms with Crippen LogP contribution >= 0.6 is 0 Å². The number of benzene rings is 1. The second-order valence-electron chi connectivity index (χ2n) is 6.71. The average Bonchev–Trinajstić information content (AvgIpc) is 3.15. The Bertz CT molecular complexity index is 532. The van der Waals surface area contributed by atoms with E-state index in [1.54, 1.807) is 0 Å². The minimum absolute atomic E-state index is 0.0505. The molecule has 5 heteroatoms. The lowest BCUT2D eigenvalue weighted by molar-refractivity contribution is -0.124. The summed E-state index contributed by atoms with van der Waals surface area (Å²) in [6.45, 7) is 3.73. The number of aryl methyl sites for hydroxylation is 1. The number of β-amino-alcohol motifs (C(OH)–C–C–N with tert-alkyl or cyclic N) is 1. The Morgan fingerprint density at radius 3 is 2.78 bits per heavy atom. The smallest absolute Gasteiger partial charge is 0.258 e. The van der Waals surface area contributed by atoms with Gasteiger partial charge in [-0.1, -0.05) is 17.7 Å². The first kappa shape index (κ1) is 16.3. The van der Waals surface area contributed by atoms with Crippen LogP contribution in [0.3, 0.4) is 0 Å². The molecule has 0 aromatic heterocycles. The highest BCUT2D eigenvalue weighted by Gasteiger charge is 2.36. The Balaban J connectivity index is 1.47. The van der Waals surface area contributed by atoms with E-state index in [0.717, 1.165) is 44.5 Å². The van der Waals surface area contributed by atoms with Gasteiger partial charge in [0, 0.05) is 25.2 Å². The highest BCUT2D eigenvalue weighted by molar-refractivity contribution is 5.78. The van der Waals surface area contributed by atoms with Gasteiger partial charge in [0.2, 0.25) is 0 Å². The van der Waals surface area contributed by atoms with Gasteiger partial charge in [0.15, 0.2) is 6.61 Å². The van der Waals surface area contributed by atoms with Crippen molar-refractivity contribution in [2.75, 3.05) is 19.7 Å². The fourth-order valence-electron chi connectivity index (χ4n) is 3.65. The number of rotatable bonds is 5. The number of ether oxygens (including phenoxy) is 1. The van der Waals surface area contributed by atoms with E-state index in [9.17, 15) is 9.90 Å². The lowest BCUT2D eigenvalue weighted by Gasteiger charge is -2.29. The summed E-state index contributed by atoms with van der Waals surface area (Å²) < 4.78 is 5.55. The first-order valence-electron chi connectivity index (χ1n) is 8.53. The Labute approximate surface area is 137 Å². The van der Waals surface area contributed by atoms with E-state index in [1.807, 2.05) is 31.2 Å². The van der Waals surface area contributed by atoms with E-state index in [-0.39, 0.29) is 24.7 Å². The Hall–Kier alpha value is -1.59. The van der Waals surface area contributed by atoms with Crippen LogP contribution in [0.15, 0.2) is 24.3 Å². The molecule has 2 aliphatic rings. The molecule has 23 heavy (non-hydrogen) atoms. The topological polar surface area (TPSA) is 61.8 Å². The van der Waals surface area contributed by atoms with Crippen molar-refractivity contribution in [3.05, 3.63) is 29.8 Å². The fraction of sp³-hybridized carbons (Fsp3) is 0.611. The molecule has 1 aliphatic heterocycles. The van der Waals surface area contributed by atoms with Crippen molar-refractivity contribution in [3.63, 3.8) is 0 Å². The maximum absolute atomic E-state index is 12.2. The molecule has 1 saturated heterocycles. The molecule has 1 amide bonds. The molecular weight excluding hydrogens is 292 g/mol. The number of nitrogens with one attached hydrogen (secondary N) is 1. The maximum Gasteiger partial charge on any atom is 0.258 e. The number of amides is 1. The minimum atomic E-state index is -0.211. The molecule has 1 unspecified atom stereocenters. The van der Waals surface area contributed by atoms with Crippen LogP contribution in [-0.4, -0.2) is 53.8 Å². The normalized spacial score (nSPS) is 28.0. The molecule has 5 nitrogen and oxygen atoms in total. The summed E-state index contributed by atoms with van der Waals surface area (Å²) in [6, 6.07) is 8.24. The highest BCUT2D eigenvalue weighted by Crippen LogP contribution is 2.27. The molecule has 1 aromatic carbocycles. The summed E-state index contributed by atoms with van der Waals surface area (Å²) in [5.41, 5.74) is 1.17. The van der Waals surface area contributed by atoms with Gasteiger partial charge in [-0.15, -0.1) is 0 Å². The molecule has 0 radical (unpaired) electrons. The SMILES string of the molecule is Cc1ccc(OCC(=O)N[C@@H]2CCC[C@@H]2N2CCC(O)C2)cc1. The van der Waals surface area contributed by atoms with Crippen molar-refractivity contribution in [1.82, 2.24) is 10.2 Å². The van der Waals surface area contributed by atoms with Crippen LogP contribution in [-0.2, 0) is 4.79 Å². The van der Waals surface area contributed by atoms with Crippen molar-refractivity contribution in [1.29, 1.82) is 0 Å². The molecular formula is C18H26N2O3. The van der Waals surface area contributed by atoms with Crippen LogP contribution in [0.2, 0.25) is 0 Å². The van der Waals surface area contributed by atoms with Crippen LogP contribution in [0.4, 0.5) is 0 Å². The van der Waals surface area contributed by atoms with Crippen molar-refractivity contribution < 1.29 is 14.6 Å². The molecule has 1 heterocycles. The lowest BCUT2D eigenvalue weighted by atomic mass is 10.1. The first-order valence-corrected chi connectivity index (χ1v) is 8.53. The van der Waals surface area contributed by atoms with Crippen LogP contribution < -0.4 is 10.1 Å². The van der Waals surface area contributed by atoms with E-state index in [1.165, 1.54) is 5.56 Å². The zero-order chi connectivity index (χ0) is 16.2. The Morgan fingerprint density at radius 2 is 2.09 bits per heavy atom. The molecule has 1 saturated carbocycles. The molecule has 0 spiro atoms. The van der Waals surface area contributed by atoms with Gasteiger partial charge in [0.1, 0.15) is 5.75 Å². The standard InChI is InChI=1S/C18H26N2O3/c1-13-5-7-15(8-6-13)23-12-18(22)19-16-3-2-4-17(16)20-10-9-14(21)11-20/h5-8,14,16-17,21H,2-4,9-12H2,1H3,(H,19,22)/t14?,16-,17+/m1/s1. The molecule has 3 rings (SSSR count). The number of aliphatic hydroxyl groups excluding tert-OH is 1. The zero-order valence-electron chi connectivity index (χ0n) is 13.7. The largest absolute Gasteiger partial charge is 0.484 e. The van der Waals surface area contributed by atoms with Gasteiger partial charge in [-0.05, 0) is 44.7 Å². The third-order valence-corrected chi connectivity index (χ3v) is 4.88. The van der Waals surface area contributed by atoms with Crippen molar-refractivity contribution in [2.45, 2.75) is 50.8 Å². The molecule has 126 valence electrons. The summed E-state index contributed by atoms with van der Waals surface area (Å²) >= 11 is 0. The quantitative estimate of drug-likeness (QED) is 0.863. The molecule has 0 bridgehead atoms. The van der Waals surface area contributed by atoms with Gasteiger partial charge < -0.3 is 15.2 Å². The summed E-state index contributed by atoms with van der Waals surface area (Å²) in [7, 11) is 0. The first-order chi connectivity index (χ1) is 11.1. The number of nitrogens with zero attached hydrogens (tertiary/aromatic N) is 1.